The molecule has 1 aromatic carbocycles. The molecule has 1 unspecified atom stereocenters. The summed E-state index contributed by atoms with van der Waals surface area (Å²) in [6, 6.07) is 8.69. The van der Waals surface area contributed by atoms with Crippen molar-refractivity contribution in [2.75, 3.05) is 25.4 Å². The third kappa shape index (κ3) is 4.34. The molecule has 1 N–H and O–H groups in total. The summed E-state index contributed by atoms with van der Waals surface area (Å²) in [5.74, 6) is 1.11. The molecule has 2 rings (SSSR count). The smallest absolute Gasteiger partial charge is 0.0667 e. The van der Waals surface area contributed by atoms with Gasteiger partial charge in [-0.3, -0.25) is 4.90 Å². The van der Waals surface area contributed by atoms with Crippen LogP contribution in [-0.2, 0) is 0 Å². The molecule has 94 valence electrons. The van der Waals surface area contributed by atoms with Gasteiger partial charge in [-0.2, -0.15) is 0 Å². The number of piperidine rings is 1. The van der Waals surface area contributed by atoms with Crippen molar-refractivity contribution in [2.45, 2.75) is 30.8 Å². The summed E-state index contributed by atoms with van der Waals surface area (Å²) in [6.45, 7) is 5.19. The molecule has 0 amide bonds. The zero-order valence-corrected chi connectivity index (χ0v) is 11.2. The molecular weight excluding hydrogens is 230 g/mol. The maximum absolute atomic E-state index is 9.58. The molecule has 0 aromatic heterocycles. The molecule has 1 aliphatic rings. The van der Waals surface area contributed by atoms with Gasteiger partial charge >= 0.3 is 0 Å². The molecule has 0 radical (unpaired) electrons. The number of hydrogen-bond donors (Lipinski definition) is 1. The van der Waals surface area contributed by atoms with E-state index in [9.17, 15) is 5.11 Å². The molecule has 1 atom stereocenters. The summed E-state index contributed by atoms with van der Waals surface area (Å²) in [7, 11) is 0. The summed E-state index contributed by atoms with van der Waals surface area (Å²) in [5.41, 5.74) is 1.31. The van der Waals surface area contributed by atoms with Gasteiger partial charge in [0.05, 0.1) is 6.10 Å². The van der Waals surface area contributed by atoms with Crippen LogP contribution in [0.25, 0.3) is 0 Å². The van der Waals surface area contributed by atoms with Crippen LogP contribution >= 0.6 is 11.8 Å². The molecule has 3 heteroatoms. The van der Waals surface area contributed by atoms with E-state index in [1.807, 2.05) is 11.8 Å². The highest BCUT2D eigenvalue weighted by atomic mass is 32.2. The fraction of sp³-hybridized carbons (Fsp3) is 0.571. The Hall–Kier alpha value is -0.510. The lowest BCUT2D eigenvalue weighted by molar-refractivity contribution is 0.0743. The zero-order valence-electron chi connectivity index (χ0n) is 10.4. The van der Waals surface area contributed by atoms with Crippen LogP contribution in [0.4, 0.5) is 0 Å². The monoisotopic (exact) mass is 251 g/mol. The minimum atomic E-state index is -0.104. The molecule has 0 spiro atoms. The lowest BCUT2D eigenvalue weighted by Crippen LogP contribution is -2.39. The molecule has 1 heterocycles. The second-order valence-corrected chi connectivity index (χ2v) is 5.93. The number of hydrogen-bond acceptors (Lipinski definition) is 3. The molecular formula is C14H21NOS. The number of likely N-dealkylation sites (tertiary alicyclic amines) is 1. The predicted octanol–water partition coefficient (Wildman–Crippen LogP) is 2.54. The van der Waals surface area contributed by atoms with Crippen LogP contribution in [0.5, 0.6) is 0 Å². The second kappa shape index (κ2) is 6.43. The lowest BCUT2D eigenvalue weighted by Gasteiger charge is -2.29. The lowest BCUT2D eigenvalue weighted by atomic mass is 10.1. The van der Waals surface area contributed by atoms with Gasteiger partial charge in [-0.15, -0.1) is 11.8 Å². The van der Waals surface area contributed by atoms with E-state index in [1.165, 1.54) is 10.5 Å². The first-order valence-corrected chi connectivity index (χ1v) is 7.32. The van der Waals surface area contributed by atoms with E-state index in [1.54, 1.807) is 0 Å². The van der Waals surface area contributed by atoms with Crippen LogP contribution in [0, 0.1) is 6.92 Å². The highest BCUT2D eigenvalue weighted by molar-refractivity contribution is 7.99. The van der Waals surface area contributed by atoms with Crippen molar-refractivity contribution < 1.29 is 5.11 Å². The molecule has 1 saturated heterocycles. The molecule has 1 aliphatic heterocycles. The number of β-amino-alcohol motifs (C(OH)–C–C–N with tert-alkyl or cyclic N) is 1. The highest BCUT2D eigenvalue weighted by Gasteiger charge is 2.16. The van der Waals surface area contributed by atoms with Gasteiger partial charge in [0.15, 0.2) is 0 Å². The van der Waals surface area contributed by atoms with Crippen LogP contribution in [0.2, 0.25) is 0 Å². The number of rotatable bonds is 4. The van der Waals surface area contributed by atoms with Gasteiger partial charge in [0.1, 0.15) is 0 Å². The Kier molecular flexibility index (Phi) is 4.89. The van der Waals surface area contributed by atoms with Crippen molar-refractivity contribution >= 4 is 11.8 Å². The van der Waals surface area contributed by atoms with Crippen LogP contribution in [0.1, 0.15) is 18.4 Å². The fourth-order valence-corrected chi connectivity index (χ4v) is 3.08. The van der Waals surface area contributed by atoms with Gasteiger partial charge in [0, 0.05) is 23.7 Å². The second-order valence-electron chi connectivity index (χ2n) is 4.76. The fourth-order valence-electron chi connectivity index (χ4n) is 2.16. The summed E-state index contributed by atoms with van der Waals surface area (Å²) in [5, 5.41) is 9.58. The summed E-state index contributed by atoms with van der Waals surface area (Å²) in [6.07, 6.45) is 2.01. The van der Waals surface area contributed by atoms with Gasteiger partial charge in [0.2, 0.25) is 0 Å². The summed E-state index contributed by atoms with van der Waals surface area (Å²) >= 11 is 1.90. The maximum Gasteiger partial charge on any atom is 0.0667 e. The van der Waals surface area contributed by atoms with Crippen LogP contribution in [0.15, 0.2) is 29.2 Å². The normalized spacial score (nSPS) is 21.6. The average molecular weight is 251 g/mol. The van der Waals surface area contributed by atoms with Gasteiger partial charge in [-0.05, 0) is 38.4 Å². The van der Waals surface area contributed by atoms with Crippen LogP contribution in [0.3, 0.4) is 0 Å². The topological polar surface area (TPSA) is 23.5 Å². The van der Waals surface area contributed by atoms with Crippen LogP contribution in [-0.4, -0.2) is 41.5 Å². The Bertz CT molecular complexity index is 339. The van der Waals surface area contributed by atoms with E-state index < -0.39 is 0 Å². The van der Waals surface area contributed by atoms with E-state index in [-0.39, 0.29) is 6.10 Å². The van der Waals surface area contributed by atoms with Crippen LogP contribution < -0.4 is 0 Å². The third-order valence-electron chi connectivity index (χ3n) is 3.18. The average Bonchev–Trinajstić information content (AvgIpc) is 2.32. The van der Waals surface area contributed by atoms with Gasteiger partial charge < -0.3 is 5.11 Å². The highest BCUT2D eigenvalue weighted by Crippen LogP contribution is 2.19. The Labute approximate surface area is 108 Å². The summed E-state index contributed by atoms with van der Waals surface area (Å²) < 4.78 is 0. The zero-order chi connectivity index (χ0) is 12.1. The van der Waals surface area contributed by atoms with Gasteiger partial charge in [-0.1, -0.05) is 17.7 Å². The van der Waals surface area contributed by atoms with E-state index in [2.05, 4.69) is 36.1 Å². The van der Waals surface area contributed by atoms with Crippen molar-refractivity contribution in [2.24, 2.45) is 0 Å². The van der Waals surface area contributed by atoms with Crippen molar-refractivity contribution in [1.29, 1.82) is 0 Å². The summed E-state index contributed by atoms with van der Waals surface area (Å²) in [4.78, 5) is 3.71. The predicted molar refractivity (Wildman–Crippen MR) is 73.6 cm³/mol. The number of thioether (sulfide) groups is 1. The van der Waals surface area contributed by atoms with Crippen molar-refractivity contribution in [3.05, 3.63) is 29.8 Å². The minimum absolute atomic E-state index is 0.104. The minimum Gasteiger partial charge on any atom is -0.392 e. The molecule has 0 aliphatic carbocycles. The molecule has 1 aromatic rings. The Morgan fingerprint density at radius 1 is 1.35 bits per heavy atom. The first-order chi connectivity index (χ1) is 8.24. The Morgan fingerprint density at radius 3 is 2.82 bits per heavy atom. The first-order valence-electron chi connectivity index (χ1n) is 6.34. The number of benzene rings is 1. The maximum atomic E-state index is 9.58. The van der Waals surface area contributed by atoms with E-state index in [4.69, 9.17) is 0 Å². The molecule has 2 nitrogen and oxygen atoms in total. The van der Waals surface area contributed by atoms with Gasteiger partial charge in [0.25, 0.3) is 0 Å². The van der Waals surface area contributed by atoms with E-state index in [0.29, 0.717) is 0 Å². The Balaban J connectivity index is 1.70. The SMILES string of the molecule is Cc1ccc(SCCN2CCCC(O)C2)cc1. The number of aliphatic hydroxyl groups is 1. The molecule has 1 fully saturated rings. The van der Waals surface area contributed by atoms with E-state index >= 15 is 0 Å². The standard InChI is InChI=1S/C14H21NOS/c1-12-4-6-14(7-5-12)17-10-9-15-8-2-3-13(16)11-15/h4-7,13,16H,2-3,8-11H2,1H3. The molecule has 0 saturated carbocycles. The number of nitrogens with zero attached hydrogens (tertiary/aromatic N) is 1. The van der Waals surface area contributed by atoms with Crippen molar-refractivity contribution in [3.8, 4) is 0 Å². The molecule has 17 heavy (non-hydrogen) atoms. The number of aryl methyl sites for hydroxylation is 1. The number of aliphatic hydroxyl groups excluding tert-OH is 1. The third-order valence-corrected chi connectivity index (χ3v) is 4.17. The van der Waals surface area contributed by atoms with Gasteiger partial charge in [-0.25, -0.2) is 0 Å². The first kappa shape index (κ1) is 12.9. The van der Waals surface area contributed by atoms with Crippen molar-refractivity contribution in [1.82, 2.24) is 4.90 Å². The Morgan fingerprint density at radius 2 is 2.12 bits per heavy atom. The van der Waals surface area contributed by atoms with E-state index in [0.717, 1.165) is 38.2 Å². The molecule has 0 bridgehead atoms. The quantitative estimate of drug-likeness (QED) is 0.832. The largest absolute Gasteiger partial charge is 0.392 e. The van der Waals surface area contributed by atoms with Crippen molar-refractivity contribution in [3.63, 3.8) is 0 Å².